The number of hydrogen-bond acceptors (Lipinski definition) is 6. The summed E-state index contributed by atoms with van der Waals surface area (Å²) in [6.07, 6.45) is 0. The number of ketones is 1. The summed E-state index contributed by atoms with van der Waals surface area (Å²) in [5, 5.41) is 2.69. The minimum absolute atomic E-state index is 0.0805. The number of anilines is 1. The van der Waals surface area contributed by atoms with Crippen LogP contribution in [0, 0.1) is 0 Å². The normalized spacial score (nSPS) is 11.6. The lowest BCUT2D eigenvalue weighted by molar-refractivity contribution is -0.118. The van der Waals surface area contributed by atoms with Crippen LogP contribution in [-0.2, 0) is 4.79 Å². The number of benzene rings is 3. The van der Waals surface area contributed by atoms with E-state index in [4.69, 9.17) is 18.9 Å². The lowest BCUT2D eigenvalue weighted by Crippen LogP contribution is -2.21. The zero-order valence-electron chi connectivity index (χ0n) is 16.2. The molecule has 7 nitrogen and oxygen atoms in total. The van der Waals surface area contributed by atoms with Gasteiger partial charge in [0.1, 0.15) is 17.2 Å². The number of carbonyl (C=O) groups excluding carboxylic acids is 2. The highest BCUT2D eigenvalue weighted by atomic mass is 16.7. The number of fused-ring (bicyclic) bond motifs is 1. The van der Waals surface area contributed by atoms with Gasteiger partial charge in [0.25, 0.3) is 5.91 Å². The fourth-order valence-corrected chi connectivity index (χ4v) is 2.90. The molecule has 1 amide bonds. The van der Waals surface area contributed by atoms with Crippen LogP contribution >= 0.6 is 0 Å². The molecule has 0 saturated heterocycles. The van der Waals surface area contributed by atoms with E-state index in [1.54, 1.807) is 36.4 Å². The summed E-state index contributed by atoms with van der Waals surface area (Å²) in [4.78, 5) is 24.2. The molecular weight excluding hydrogens is 386 g/mol. The van der Waals surface area contributed by atoms with E-state index in [-0.39, 0.29) is 19.2 Å². The molecule has 0 fully saturated rings. The van der Waals surface area contributed by atoms with Crippen molar-refractivity contribution in [2.24, 2.45) is 0 Å². The summed E-state index contributed by atoms with van der Waals surface area (Å²) in [6, 6.07) is 19.5. The molecular formula is C23H19NO6. The van der Waals surface area contributed by atoms with Gasteiger partial charge in [-0.15, -0.1) is 0 Å². The van der Waals surface area contributed by atoms with E-state index in [0.717, 1.165) is 5.75 Å². The Morgan fingerprint density at radius 1 is 0.900 bits per heavy atom. The summed E-state index contributed by atoms with van der Waals surface area (Å²) in [5.41, 5.74) is 0.696. The van der Waals surface area contributed by atoms with Crippen molar-refractivity contribution in [3.05, 3.63) is 72.3 Å². The standard InChI is InChI=1S/C23H19NO6/c1-15(25)19-11-21-22(29-14-28-21)12-20(19)24-23(26)13-27-16-7-9-18(10-8-16)30-17-5-3-2-4-6-17/h2-12H,13-14H2,1H3,(H,24,26). The molecule has 152 valence electrons. The second-order valence-electron chi connectivity index (χ2n) is 6.53. The Balaban J connectivity index is 1.36. The average molecular weight is 405 g/mol. The third kappa shape index (κ3) is 4.52. The number of carbonyl (C=O) groups is 2. The van der Waals surface area contributed by atoms with Crippen LogP contribution in [0.2, 0.25) is 0 Å². The second kappa shape index (κ2) is 8.57. The van der Waals surface area contributed by atoms with Gasteiger partial charge in [0.05, 0.1) is 5.69 Å². The van der Waals surface area contributed by atoms with Crippen LogP contribution in [0.5, 0.6) is 28.7 Å². The minimum atomic E-state index is -0.402. The lowest BCUT2D eigenvalue weighted by atomic mass is 10.1. The lowest BCUT2D eigenvalue weighted by Gasteiger charge is -2.12. The van der Waals surface area contributed by atoms with Gasteiger partial charge < -0.3 is 24.3 Å². The molecule has 1 aliphatic rings. The molecule has 7 heteroatoms. The fourth-order valence-electron chi connectivity index (χ4n) is 2.90. The zero-order chi connectivity index (χ0) is 20.9. The Labute approximate surface area is 173 Å². The molecule has 0 unspecified atom stereocenters. The first kappa shape index (κ1) is 19.3. The first-order valence-corrected chi connectivity index (χ1v) is 9.29. The molecule has 0 atom stereocenters. The molecule has 4 rings (SSSR count). The van der Waals surface area contributed by atoms with Crippen molar-refractivity contribution < 1.29 is 28.5 Å². The molecule has 30 heavy (non-hydrogen) atoms. The van der Waals surface area contributed by atoms with Crippen LogP contribution in [0.1, 0.15) is 17.3 Å². The Hall–Kier alpha value is -4.00. The number of nitrogens with one attached hydrogen (secondary N) is 1. The van der Waals surface area contributed by atoms with Gasteiger partial charge >= 0.3 is 0 Å². The molecule has 1 N–H and O–H groups in total. The smallest absolute Gasteiger partial charge is 0.262 e. The van der Waals surface area contributed by atoms with E-state index in [1.807, 2.05) is 30.3 Å². The van der Waals surface area contributed by atoms with E-state index in [9.17, 15) is 9.59 Å². The van der Waals surface area contributed by atoms with Crippen molar-refractivity contribution in [3.8, 4) is 28.7 Å². The van der Waals surface area contributed by atoms with Crippen molar-refractivity contribution in [3.63, 3.8) is 0 Å². The average Bonchev–Trinajstić information content (AvgIpc) is 3.21. The fraction of sp³-hybridized carbons (Fsp3) is 0.130. The zero-order valence-corrected chi connectivity index (χ0v) is 16.2. The molecule has 1 heterocycles. The van der Waals surface area contributed by atoms with Crippen molar-refractivity contribution in [1.82, 2.24) is 0 Å². The first-order chi connectivity index (χ1) is 14.6. The summed E-state index contributed by atoms with van der Waals surface area (Å²) in [7, 11) is 0. The number of ether oxygens (including phenoxy) is 4. The van der Waals surface area contributed by atoms with E-state index < -0.39 is 5.91 Å². The van der Waals surface area contributed by atoms with Gasteiger partial charge in [-0.2, -0.15) is 0 Å². The predicted molar refractivity (Wildman–Crippen MR) is 110 cm³/mol. The Kier molecular flexibility index (Phi) is 5.52. The molecule has 0 aliphatic carbocycles. The van der Waals surface area contributed by atoms with Crippen LogP contribution < -0.4 is 24.3 Å². The SMILES string of the molecule is CC(=O)c1cc2c(cc1NC(=O)COc1ccc(Oc3ccccc3)cc1)OCO2. The monoisotopic (exact) mass is 405 g/mol. The second-order valence-corrected chi connectivity index (χ2v) is 6.53. The van der Waals surface area contributed by atoms with Gasteiger partial charge in [-0.3, -0.25) is 9.59 Å². The van der Waals surface area contributed by atoms with Crippen molar-refractivity contribution in [2.75, 3.05) is 18.7 Å². The van der Waals surface area contributed by atoms with E-state index in [1.165, 1.54) is 6.92 Å². The highest BCUT2D eigenvalue weighted by molar-refractivity contribution is 6.04. The van der Waals surface area contributed by atoms with Gasteiger partial charge in [-0.1, -0.05) is 18.2 Å². The Bertz CT molecular complexity index is 1060. The maximum Gasteiger partial charge on any atom is 0.262 e. The van der Waals surface area contributed by atoms with E-state index in [2.05, 4.69) is 5.32 Å². The molecule has 0 saturated carbocycles. The van der Waals surface area contributed by atoms with E-state index in [0.29, 0.717) is 34.2 Å². The van der Waals surface area contributed by atoms with Crippen molar-refractivity contribution >= 4 is 17.4 Å². The molecule has 3 aromatic carbocycles. The molecule has 0 spiro atoms. The third-order valence-electron chi connectivity index (χ3n) is 4.34. The van der Waals surface area contributed by atoms with Crippen molar-refractivity contribution in [2.45, 2.75) is 6.92 Å². The van der Waals surface area contributed by atoms with Gasteiger partial charge in [0.15, 0.2) is 23.9 Å². The molecule has 3 aromatic rings. The predicted octanol–water partition coefficient (Wildman–Crippen LogP) is 4.43. The summed E-state index contributed by atoms with van der Waals surface area (Å²) in [6.45, 7) is 1.28. The van der Waals surface area contributed by atoms with Crippen molar-refractivity contribution in [1.29, 1.82) is 0 Å². The van der Waals surface area contributed by atoms with Crippen LogP contribution in [0.25, 0.3) is 0 Å². The molecule has 0 bridgehead atoms. The maximum absolute atomic E-state index is 12.3. The van der Waals surface area contributed by atoms with Crippen LogP contribution in [0.15, 0.2) is 66.7 Å². The van der Waals surface area contributed by atoms with Gasteiger partial charge in [-0.25, -0.2) is 0 Å². The number of amides is 1. The van der Waals surface area contributed by atoms with E-state index >= 15 is 0 Å². The Morgan fingerprint density at radius 2 is 1.53 bits per heavy atom. The van der Waals surface area contributed by atoms with Gasteiger partial charge in [0, 0.05) is 11.6 Å². The first-order valence-electron chi connectivity index (χ1n) is 9.29. The number of para-hydroxylation sites is 1. The summed E-state index contributed by atoms with van der Waals surface area (Å²) in [5.74, 6) is 2.26. The number of Topliss-reactive ketones (excluding diaryl/α,β-unsaturated/α-hetero) is 1. The van der Waals surface area contributed by atoms with Gasteiger partial charge in [-0.05, 0) is 49.4 Å². The summed E-state index contributed by atoms with van der Waals surface area (Å²) < 4.78 is 21.8. The molecule has 0 aromatic heterocycles. The van der Waals surface area contributed by atoms with Gasteiger partial charge in [0.2, 0.25) is 6.79 Å². The molecule has 0 radical (unpaired) electrons. The maximum atomic E-state index is 12.3. The highest BCUT2D eigenvalue weighted by Gasteiger charge is 2.20. The van der Waals surface area contributed by atoms with Crippen LogP contribution in [-0.4, -0.2) is 25.1 Å². The van der Waals surface area contributed by atoms with Crippen LogP contribution in [0.4, 0.5) is 5.69 Å². The number of hydrogen-bond donors (Lipinski definition) is 1. The highest BCUT2D eigenvalue weighted by Crippen LogP contribution is 2.37. The quantitative estimate of drug-likeness (QED) is 0.586. The number of rotatable bonds is 7. The topological polar surface area (TPSA) is 83.1 Å². The minimum Gasteiger partial charge on any atom is -0.484 e. The molecule has 1 aliphatic heterocycles. The van der Waals surface area contributed by atoms with Crippen LogP contribution in [0.3, 0.4) is 0 Å². The third-order valence-corrected chi connectivity index (χ3v) is 4.34. The Morgan fingerprint density at radius 3 is 2.23 bits per heavy atom. The largest absolute Gasteiger partial charge is 0.484 e. The summed E-state index contributed by atoms with van der Waals surface area (Å²) >= 11 is 0.